The van der Waals surface area contributed by atoms with Crippen LogP contribution in [0.15, 0.2) is 30.3 Å². The molecule has 0 aliphatic carbocycles. The van der Waals surface area contributed by atoms with Crippen molar-refractivity contribution in [2.75, 3.05) is 11.4 Å². The quantitative estimate of drug-likeness (QED) is 0.830. The number of aromatic nitrogens is 2. The molecule has 0 spiro atoms. The van der Waals surface area contributed by atoms with Gasteiger partial charge in [0.2, 0.25) is 15.9 Å². The van der Waals surface area contributed by atoms with Crippen LogP contribution in [0.5, 0.6) is 0 Å². The van der Waals surface area contributed by atoms with Crippen molar-refractivity contribution >= 4 is 21.7 Å². The van der Waals surface area contributed by atoms with Gasteiger partial charge in [0.15, 0.2) is 0 Å². The molecule has 1 aromatic heterocycles. The van der Waals surface area contributed by atoms with Gasteiger partial charge in [0.1, 0.15) is 11.9 Å². The number of piperidine rings is 1. The lowest BCUT2D eigenvalue weighted by atomic mass is 10.1. The summed E-state index contributed by atoms with van der Waals surface area (Å²) in [7, 11) is -1.98. The number of amides is 1. The number of anilines is 1. The van der Waals surface area contributed by atoms with E-state index in [0.29, 0.717) is 36.3 Å². The molecule has 1 aliphatic rings. The zero-order valence-electron chi connectivity index (χ0n) is 15.2. The highest BCUT2D eigenvalue weighted by Crippen LogP contribution is 2.22. The molecule has 8 nitrogen and oxygen atoms in total. The maximum absolute atomic E-state index is 12.8. The van der Waals surface area contributed by atoms with Gasteiger partial charge >= 0.3 is 0 Å². The second kappa shape index (κ2) is 7.50. The van der Waals surface area contributed by atoms with Gasteiger partial charge in [0.25, 0.3) is 0 Å². The van der Waals surface area contributed by atoms with Crippen molar-refractivity contribution in [3.05, 3.63) is 47.2 Å². The summed E-state index contributed by atoms with van der Waals surface area (Å²) in [6.45, 7) is 2.37. The van der Waals surface area contributed by atoms with E-state index < -0.39 is 16.1 Å². The summed E-state index contributed by atoms with van der Waals surface area (Å²) in [5.41, 5.74) is 1.69. The Bertz CT molecular complexity index is 1010. The van der Waals surface area contributed by atoms with Crippen LogP contribution >= 0.6 is 0 Å². The molecule has 1 aromatic carbocycles. The first kappa shape index (κ1) is 19.1. The first-order valence-electron chi connectivity index (χ1n) is 8.60. The summed E-state index contributed by atoms with van der Waals surface area (Å²) < 4.78 is 29.2. The third-order valence-electron chi connectivity index (χ3n) is 4.43. The SMILES string of the molecule is Cc1cc(N2CCC[C@@H](NS(=O)(=O)Cc3cccc(C#N)c3)C2=O)n(C)n1. The molecule has 1 fully saturated rings. The van der Waals surface area contributed by atoms with E-state index in [1.54, 1.807) is 34.8 Å². The van der Waals surface area contributed by atoms with E-state index in [1.807, 2.05) is 19.1 Å². The summed E-state index contributed by atoms with van der Waals surface area (Å²) in [6, 6.07) is 9.42. The maximum Gasteiger partial charge on any atom is 0.246 e. The van der Waals surface area contributed by atoms with Crippen LogP contribution in [-0.4, -0.2) is 36.7 Å². The van der Waals surface area contributed by atoms with Gasteiger partial charge in [-0.3, -0.25) is 14.4 Å². The van der Waals surface area contributed by atoms with Crippen LogP contribution in [0.1, 0.15) is 29.7 Å². The molecule has 0 radical (unpaired) electrons. The molecule has 1 amide bonds. The van der Waals surface area contributed by atoms with Gasteiger partial charge in [0, 0.05) is 19.7 Å². The number of hydrogen-bond acceptors (Lipinski definition) is 5. The number of carbonyl (C=O) groups is 1. The van der Waals surface area contributed by atoms with Crippen LogP contribution in [0.25, 0.3) is 0 Å². The van der Waals surface area contributed by atoms with Crippen molar-refractivity contribution in [2.45, 2.75) is 31.6 Å². The first-order chi connectivity index (χ1) is 12.8. The van der Waals surface area contributed by atoms with E-state index in [2.05, 4.69) is 9.82 Å². The number of nitrogens with zero attached hydrogens (tertiary/aromatic N) is 4. The fourth-order valence-corrected chi connectivity index (χ4v) is 4.62. The van der Waals surface area contributed by atoms with Gasteiger partial charge < -0.3 is 0 Å². The van der Waals surface area contributed by atoms with E-state index >= 15 is 0 Å². The van der Waals surface area contributed by atoms with Crippen molar-refractivity contribution < 1.29 is 13.2 Å². The fourth-order valence-electron chi connectivity index (χ4n) is 3.27. The number of benzene rings is 1. The van der Waals surface area contributed by atoms with Gasteiger partial charge in [-0.05, 0) is 37.5 Å². The largest absolute Gasteiger partial charge is 0.296 e. The Balaban J connectivity index is 1.74. The van der Waals surface area contributed by atoms with Gasteiger partial charge in [0.05, 0.1) is 23.1 Å². The molecule has 1 atom stereocenters. The molecule has 3 rings (SSSR count). The monoisotopic (exact) mass is 387 g/mol. The summed E-state index contributed by atoms with van der Waals surface area (Å²) in [5, 5.41) is 13.2. The van der Waals surface area contributed by atoms with Crippen molar-refractivity contribution in [2.24, 2.45) is 7.05 Å². The third-order valence-corrected chi connectivity index (χ3v) is 5.78. The lowest BCUT2D eigenvalue weighted by molar-refractivity contribution is -0.121. The Morgan fingerprint density at radius 3 is 2.81 bits per heavy atom. The number of hydrogen-bond donors (Lipinski definition) is 1. The summed E-state index contributed by atoms with van der Waals surface area (Å²) in [4.78, 5) is 14.4. The molecular formula is C18H21N5O3S. The lowest BCUT2D eigenvalue weighted by Gasteiger charge is -2.32. The molecule has 0 unspecified atom stereocenters. The average Bonchev–Trinajstić information content (AvgIpc) is 2.94. The minimum absolute atomic E-state index is 0.279. The molecular weight excluding hydrogens is 366 g/mol. The van der Waals surface area contributed by atoms with Gasteiger partial charge in [-0.1, -0.05) is 12.1 Å². The molecule has 1 aliphatic heterocycles. The second-order valence-electron chi connectivity index (χ2n) is 6.64. The molecule has 142 valence electrons. The van der Waals surface area contributed by atoms with Gasteiger partial charge in [-0.2, -0.15) is 10.4 Å². The van der Waals surface area contributed by atoms with Gasteiger partial charge in [-0.15, -0.1) is 0 Å². The molecule has 27 heavy (non-hydrogen) atoms. The molecule has 1 N–H and O–H groups in total. The van der Waals surface area contributed by atoms with Crippen LogP contribution < -0.4 is 9.62 Å². The first-order valence-corrected chi connectivity index (χ1v) is 10.3. The zero-order valence-corrected chi connectivity index (χ0v) is 16.0. The Labute approximate surface area is 158 Å². The van der Waals surface area contributed by atoms with Crippen molar-refractivity contribution in [3.8, 4) is 6.07 Å². The van der Waals surface area contributed by atoms with Crippen LogP contribution in [0.3, 0.4) is 0 Å². The minimum atomic E-state index is -3.73. The summed E-state index contributed by atoms with van der Waals surface area (Å²) >= 11 is 0. The average molecular weight is 387 g/mol. The predicted molar refractivity (Wildman–Crippen MR) is 100 cm³/mol. The number of rotatable bonds is 5. The lowest BCUT2D eigenvalue weighted by Crippen LogP contribution is -2.53. The van der Waals surface area contributed by atoms with Crippen molar-refractivity contribution in [1.82, 2.24) is 14.5 Å². The number of nitriles is 1. The standard InChI is InChI=1S/C18H21N5O3S/c1-13-9-17(22(2)20-13)23-8-4-7-16(18(23)24)21-27(25,26)12-15-6-3-5-14(10-15)11-19/h3,5-6,9-10,16,21H,4,7-8,12H2,1-2H3/t16-/m1/s1. The number of carbonyl (C=O) groups excluding carboxylic acids is 1. The molecule has 2 aromatic rings. The Morgan fingerprint density at radius 2 is 2.15 bits per heavy atom. The van der Waals surface area contributed by atoms with E-state index in [9.17, 15) is 13.2 Å². The summed E-state index contributed by atoms with van der Waals surface area (Å²) in [6.07, 6.45) is 1.14. The Kier molecular flexibility index (Phi) is 5.30. The van der Waals surface area contributed by atoms with E-state index in [4.69, 9.17) is 5.26 Å². The van der Waals surface area contributed by atoms with Crippen molar-refractivity contribution in [1.29, 1.82) is 5.26 Å². The van der Waals surface area contributed by atoms with Crippen LogP contribution in [0.2, 0.25) is 0 Å². The molecule has 0 saturated carbocycles. The summed E-state index contributed by atoms with van der Waals surface area (Å²) in [5.74, 6) is 0.0960. The molecule has 1 saturated heterocycles. The smallest absolute Gasteiger partial charge is 0.246 e. The third kappa shape index (κ3) is 4.35. The van der Waals surface area contributed by atoms with Crippen molar-refractivity contribution in [3.63, 3.8) is 0 Å². The van der Waals surface area contributed by atoms with Crippen LogP contribution in [-0.2, 0) is 27.6 Å². The van der Waals surface area contributed by atoms with Crippen LogP contribution in [0, 0.1) is 18.3 Å². The second-order valence-corrected chi connectivity index (χ2v) is 8.40. The topological polar surface area (TPSA) is 108 Å². The molecule has 0 bridgehead atoms. The molecule has 2 heterocycles. The fraction of sp³-hybridized carbons (Fsp3) is 0.389. The van der Waals surface area contributed by atoms with E-state index in [0.717, 1.165) is 5.69 Å². The number of aryl methyl sites for hydroxylation is 2. The van der Waals surface area contributed by atoms with Gasteiger partial charge in [-0.25, -0.2) is 13.1 Å². The zero-order chi connectivity index (χ0) is 19.6. The highest BCUT2D eigenvalue weighted by atomic mass is 32.2. The highest BCUT2D eigenvalue weighted by Gasteiger charge is 2.33. The van der Waals surface area contributed by atoms with E-state index in [1.165, 1.54) is 6.07 Å². The maximum atomic E-state index is 12.8. The number of nitrogens with one attached hydrogen (secondary N) is 1. The Hall–Kier alpha value is -2.70. The predicted octanol–water partition coefficient (Wildman–Crippen LogP) is 1.22. The molecule has 9 heteroatoms. The normalized spacial score (nSPS) is 17.7. The highest BCUT2D eigenvalue weighted by molar-refractivity contribution is 7.88. The van der Waals surface area contributed by atoms with Crippen LogP contribution in [0.4, 0.5) is 5.82 Å². The minimum Gasteiger partial charge on any atom is -0.296 e. The number of sulfonamides is 1. The Morgan fingerprint density at radius 1 is 1.37 bits per heavy atom. The van der Waals surface area contributed by atoms with E-state index in [-0.39, 0.29) is 11.7 Å².